The molecule has 1 N–H and O–H groups in total. The molecule has 0 saturated carbocycles. The number of hydrogen-bond acceptors (Lipinski definition) is 4. The number of hydrogen-bond donors (Lipinski definition) is 1. The largest absolute Gasteiger partial charge is 0.494 e. The minimum atomic E-state index is -3.67. The number of nitrogens with zero attached hydrogens (tertiary/aromatic N) is 1. The summed E-state index contributed by atoms with van der Waals surface area (Å²) in [6.07, 6.45) is 1.02. The molecule has 6 nitrogen and oxygen atoms in total. The molecule has 1 amide bonds. The first kappa shape index (κ1) is 18.7. The number of benzene rings is 2. The average molecular weight is 366 g/mol. The van der Waals surface area contributed by atoms with E-state index in [1.54, 1.807) is 24.3 Å². The van der Waals surface area contributed by atoms with Crippen molar-refractivity contribution < 1.29 is 22.3 Å². The van der Waals surface area contributed by atoms with Crippen LogP contribution in [0.1, 0.15) is 6.92 Å². The number of nitrogens with one attached hydrogen (secondary N) is 1. The van der Waals surface area contributed by atoms with Crippen molar-refractivity contribution in [2.45, 2.75) is 6.92 Å². The highest BCUT2D eigenvalue weighted by molar-refractivity contribution is 7.92. The van der Waals surface area contributed by atoms with Crippen LogP contribution in [0.2, 0.25) is 0 Å². The molecule has 0 unspecified atom stereocenters. The van der Waals surface area contributed by atoms with Gasteiger partial charge in [0.25, 0.3) is 0 Å². The molecule has 0 heterocycles. The zero-order valence-corrected chi connectivity index (χ0v) is 14.7. The number of sulfonamides is 1. The quantitative estimate of drug-likeness (QED) is 0.817. The Labute approximate surface area is 146 Å². The number of ether oxygens (including phenoxy) is 1. The van der Waals surface area contributed by atoms with E-state index in [0.29, 0.717) is 23.7 Å². The third-order valence-corrected chi connectivity index (χ3v) is 4.39. The Morgan fingerprint density at radius 1 is 1.12 bits per heavy atom. The van der Waals surface area contributed by atoms with Gasteiger partial charge in [0.1, 0.15) is 18.1 Å². The van der Waals surface area contributed by atoms with Crippen LogP contribution in [0, 0.1) is 5.82 Å². The molecule has 0 aliphatic carbocycles. The zero-order chi connectivity index (χ0) is 18.4. The lowest BCUT2D eigenvalue weighted by molar-refractivity contribution is -0.114. The molecular formula is C17H19FN2O4S. The zero-order valence-electron chi connectivity index (χ0n) is 13.9. The summed E-state index contributed by atoms with van der Waals surface area (Å²) in [4.78, 5) is 12.2. The van der Waals surface area contributed by atoms with Gasteiger partial charge >= 0.3 is 0 Å². The summed E-state index contributed by atoms with van der Waals surface area (Å²) in [7, 11) is -3.67. The first-order valence-electron chi connectivity index (χ1n) is 7.55. The van der Waals surface area contributed by atoms with Crippen LogP contribution in [0.4, 0.5) is 15.8 Å². The van der Waals surface area contributed by atoms with Crippen molar-refractivity contribution in [1.29, 1.82) is 0 Å². The van der Waals surface area contributed by atoms with Crippen molar-refractivity contribution in [2.75, 3.05) is 29.0 Å². The topological polar surface area (TPSA) is 75.7 Å². The standard InChI is InChI=1S/C17H19FN2O4S/c1-3-24-16-10-8-15(9-11-16)20(25(2,22)23)12-17(21)19-14-6-4-13(18)5-7-14/h4-11H,3,12H2,1-2H3,(H,19,21). The highest BCUT2D eigenvalue weighted by Crippen LogP contribution is 2.21. The number of carbonyl (C=O) groups is 1. The summed E-state index contributed by atoms with van der Waals surface area (Å²) in [5.41, 5.74) is 0.728. The Kier molecular flexibility index (Phi) is 5.97. The monoisotopic (exact) mass is 366 g/mol. The van der Waals surface area contributed by atoms with Gasteiger partial charge in [0.15, 0.2) is 0 Å². The molecule has 0 atom stereocenters. The van der Waals surface area contributed by atoms with E-state index < -0.39 is 28.3 Å². The predicted molar refractivity (Wildman–Crippen MR) is 94.8 cm³/mol. The Balaban J connectivity index is 2.14. The third kappa shape index (κ3) is 5.46. The lowest BCUT2D eigenvalue weighted by Gasteiger charge is -2.22. The van der Waals surface area contributed by atoms with Crippen molar-refractivity contribution in [3.8, 4) is 5.75 Å². The molecular weight excluding hydrogens is 347 g/mol. The van der Waals surface area contributed by atoms with E-state index >= 15 is 0 Å². The molecule has 0 radical (unpaired) electrons. The number of halogens is 1. The van der Waals surface area contributed by atoms with Gasteiger partial charge in [-0.05, 0) is 55.5 Å². The molecule has 25 heavy (non-hydrogen) atoms. The molecule has 0 fully saturated rings. The van der Waals surface area contributed by atoms with Crippen molar-refractivity contribution in [1.82, 2.24) is 0 Å². The van der Waals surface area contributed by atoms with Gasteiger partial charge in [-0.1, -0.05) is 0 Å². The highest BCUT2D eigenvalue weighted by atomic mass is 32.2. The van der Waals surface area contributed by atoms with Crippen LogP contribution in [0.5, 0.6) is 5.75 Å². The maximum absolute atomic E-state index is 12.9. The van der Waals surface area contributed by atoms with Crippen LogP contribution in [0.15, 0.2) is 48.5 Å². The smallest absolute Gasteiger partial charge is 0.245 e. The average Bonchev–Trinajstić information content (AvgIpc) is 2.55. The van der Waals surface area contributed by atoms with Crippen molar-refractivity contribution >= 4 is 27.3 Å². The number of anilines is 2. The van der Waals surface area contributed by atoms with E-state index in [4.69, 9.17) is 4.74 Å². The van der Waals surface area contributed by atoms with Gasteiger partial charge in [0.05, 0.1) is 18.6 Å². The number of rotatable bonds is 7. The fraction of sp³-hybridized carbons (Fsp3) is 0.235. The molecule has 2 rings (SSSR count). The first-order chi connectivity index (χ1) is 11.8. The van der Waals surface area contributed by atoms with Crippen LogP contribution in [0.3, 0.4) is 0 Å². The van der Waals surface area contributed by atoms with Crippen molar-refractivity contribution in [3.05, 3.63) is 54.3 Å². The summed E-state index contributed by atoms with van der Waals surface area (Å²) in [5.74, 6) is -0.355. The third-order valence-electron chi connectivity index (χ3n) is 3.25. The van der Waals surface area contributed by atoms with Crippen LogP contribution in [-0.2, 0) is 14.8 Å². The second-order valence-electron chi connectivity index (χ2n) is 5.25. The SMILES string of the molecule is CCOc1ccc(N(CC(=O)Nc2ccc(F)cc2)S(C)(=O)=O)cc1. The second kappa shape index (κ2) is 7.98. The normalized spacial score (nSPS) is 11.0. The van der Waals surface area contributed by atoms with E-state index in [-0.39, 0.29) is 0 Å². The van der Waals surface area contributed by atoms with E-state index in [0.717, 1.165) is 10.6 Å². The Hall–Kier alpha value is -2.61. The van der Waals surface area contributed by atoms with Gasteiger partial charge in [0.2, 0.25) is 15.9 Å². The highest BCUT2D eigenvalue weighted by Gasteiger charge is 2.21. The summed E-state index contributed by atoms with van der Waals surface area (Å²) in [6, 6.07) is 11.6. The summed E-state index contributed by atoms with van der Waals surface area (Å²) in [5, 5.41) is 2.54. The van der Waals surface area contributed by atoms with E-state index in [1.807, 2.05) is 6.92 Å². The maximum atomic E-state index is 12.9. The summed E-state index contributed by atoms with van der Waals surface area (Å²) < 4.78 is 43.3. The van der Waals surface area contributed by atoms with Gasteiger partial charge < -0.3 is 10.1 Å². The maximum Gasteiger partial charge on any atom is 0.245 e. The van der Waals surface area contributed by atoms with Crippen molar-refractivity contribution in [3.63, 3.8) is 0 Å². The van der Waals surface area contributed by atoms with Crippen LogP contribution in [-0.4, -0.2) is 33.7 Å². The lowest BCUT2D eigenvalue weighted by Crippen LogP contribution is -2.37. The molecule has 0 aromatic heterocycles. The molecule has 134 valence electrons. The molecule has 2 aromatic carbocycles. The molecule has 0 saturated heterocycles. The number of amides is 1. The van der Waals surface area contributed by atoms with Gasteiger partial charge in [0, 0.05) is 5.69 Å². The fourth-order valence-electron chi connectivity index (χ4n) is 2.14. The van der Waals surface area contributed by atoms with Gasteiger partial charge in [-0.3, -0.25) is 9.10 Å². The van der Waals surface area contributed by atoms with Gasteiger partial charge in [-0.15, -0.1) is 0 Å². The van der Waals surface area contributed by atoms with Crippen molar-refractivity contribution in [2.24, 2.45) is 0 Å². The Morgan fingerprint density at radius 2 is 1.72 bits per heavy atom. The fourth-order valence-corrected chi connectivity index (χ4v) is 3.00. The summed E-state index contributed by atoms with van der Waals surface area (Å²) >= 11 is 0. The van der Waals surface area contributed by atoms with E-state index in [2.05, 4.69) is 5.32 Å². The van der Waals surface area contributed by atoms with Crippen LogP contribution >= 0.6 is 0 Å². The molecule has 0 aliphatic heterocycles. The number of carbonyl (C=O) groups excluding carboxylic acids is 1. The molecule has 2 aromatic rings. The predicted octanol–water partition coefficient (Wildman–Crippen LogP) is 2.63. The second-order valence-corrected chi connectivity index (χ2v) is 7.16. The molecule has 8 heteroatoms. The van der Waals surface area contributed by atoms with Gasteiger partial charge in [-0.2, -0.15) is 0 Å². The first-order valence-corrected chi connectivity index (χ1v) is 9.40. The molecule has 0 aliphatic rings. The Bertz CT molecular complexity index is 821. The van der Waals surface area contributed by atoms with Gasteiger partial charge in [-0.25, -0.2) is 12.8 Å². The Morgan fingerprint density at radius 3 is 2.24 bits per heavy atom. The van der Waals surface area contributed by atoms with Crippen LogP contribution in [0.25, 0.3) is 0 Å². The van der Waals surface area contributed by atoms with E-state index in [9.17, 15) is 17.6 Å². The molecule has 0 spiro atoms. The minimum Gasteiger partial charge on any atom is -0.494 e. The lowest BCUT2D eigenvalue weighted by atomic mass is 10.3. The summed E-state index contributed by atoms with van der Waals surface area (Å²) in [6.45, 7) is 1.94. The van der Waals surface area contributed by atoms with E-state index in [1.165, 1.54) is 24.3 Å². The minimum absolute atomic E-state index is 0.347. The van der Waals surface area contributed by atoms with Crippen LogP contribution < -0.4 is 14.4 Å². The molecule has 0 bridgehead atoms.